The predicted molar refractivity (Wildman–Crippen MR) is 253 cm³/mol. The van der Waals surface area contributed by atoms with Gasteiger partial charge in [0, 0.05) is 33.8 Å². The van der Waals surface area contributed by atoms with Crippen LogP contribution < -0.4 is 0 Å². The molecule has 8 aliphatic carbocycles. The second-order valence-electron chi connectivity index (χ2n) is 26.4. The molecule has 9 heterocycles. The van der Waals surface area contributed by atoms with E-state index in [9.17, 15) is 28.8 Å². The van der Waals surface area contributed by atoms with Crippen molar-refractivity contribution < 1.29 is 57.2 Å². The zero-order valence-electron chi connectivity index (χ0n) is 42.2. The third-order valence-corrected chi connectivity index (χ3v) is 20.7. The van der Waals surface area contributed by atoms with Crippen molar-refractivity contribution in [3.8, 4) is 0 Å². The summed E-state index contributed by atoms with van der Waals surface area (Å²) >= 11 is 0. The van der Waals surface area contributed by atoms with E-state index in [0.29, 0.717) is 30.4 Å². The Balaban J connectivity index is 0.000000105. The maximum absolute atomic E-state index is 13.4. The van der Waals surface area contributed by atoms with Gasteiger partial charge in [0.05, 0.1) is 72.5 Å². The molecule has 17 aliphatic rings. The van der Waals surface area contributed by atoms with Crippen molar-refractivity contribution >= 4 is 35.6 Å². The Morgan fingerprint density at radius 1 is 0.535 bits per heavy atom. The van der Waals surface area contributed by atoms with E-state index in [2.05, 4.69) is 29.5 Å². The van der Waals surface area contributed by atoms with Gasteiger partial charge >= 0.3 is 17.9 Å². The third-order valence-electron chi connectivity index (χ3n) is 20.7. The molecule has 384 valence electrons. The van der Waals surface area contributed by atoms with Crippen molar-refractivity contribution in [3.63, 3.8) is 0 Å². The van der Waals surface area contributed by atoms with Crippen LogP contribution in [0.3, 0.4) is 0 Å². The lowest BCUT2D eigenvalue weighted by Gasteiger charge is -2.61. The molecule has 9 aliphatic heterocycles. The molecule has 17 rings (SSSR count). The van der Waals surface area contributed by atoms with Gasteiger partial charge in [-0.1, -0.05) is 19.7 Å². The number of hydrogen-bond acceptors (Lipinski definition) is 12. The fraction of sp³-hybridized carbons (Fsp3) is 0.786. The lowest BCUT2D eigenvalue weighted by atomic mass is 9.52. The van der Waals surface area contributed by atoms with Crippen molar-refractivity contribution in [3.05, 3.63) is 37.0 Å². The van der Waals surface area contributed by atoms with Gasteiger partial charge in [-0.15, -0.1) is 0 Å². The lowest BCUT2D eigenvalue weighted by molar-refractivity contribution is -0.161. The van der Waals surface area contributed by atoms with Crippen LogP contribution >= 0.6 is 0 Å². The number of carbonyl (C=O) groups is 6. The Bertz CT molecular complexity index is 2320. The monoisotopic (exact) mass is 980 g/mol. The van der Waals surface area contributed by atoms with E-state index in [1.54, 1.807) is 13.8 Å². The van der Waals surface area contributed by atoms with E-state index in [1.807, 2.05) is 25.7 Å². The molecule has 71 heavy (non-hydrogen) atoms. The number of rotatable bonds is 8. The number of fused-ring (bicyclic) bond motifs is 3. The molecule has 0 aromatic heterocycles. The molecule has 15 atom stereocenters. The first kappa shape index (κ1) is 46.7. The molecule has 15 nitrogen and oxygen atoms in total. The first-order valence-electron chi connectivity index (χ1n) is 27.3. The summed E-state index contributed by atoms with van der Waals surface area (Å²) in [5, 5.41) is 0. The second-order valence-corrected chi connectivity index (χ2v) is 26.4. The molecule has 0 N–H and O–H groups in total. The van der Waals surface area contributed by atoms with Crippen LogP contribution in [0.1, 0.15) is 131 Å². The van der Waals surface area contributed by atoms with Crippen LogP contribution in [-0.4, -0.2) is 140 Å². The molecule has 0 aromatic carbocycles. The Morgan fingerprint density at radius 3 is 1.20 bits per heavy atom. The fourth-order valence-electron chi connectivity index (χ4n) is 19.3. The molecule has 15 heteroatoms. The van der Waals surface area contributed by atoms with Gasteiger partial charge in [-0.25, -0.2) is 14.4 Å². The van der Waals surface area contributed by atoms with Crippen LogP contribution in [0.5, 0.6) is 0 Å². The van der Waals surface area contributed by atoms with Gasteiger partial charge < -0.3 is 43.1 Å². The molecule has 8 saturated carbocycles. The van der Waals surface area contributed by atoms with E-state index in [1.165, 1.54) is 44.6 Å². The summed E-state index contributed by atoms with van der Waals surface area (Å²) in [6.07, 6.45) is 16.6. The van der Waals surface area contributed by atoms with E-state index >= 15 is 0 Å². The molecule has 0 aromatic rings. The Morgan fingerprint density at radius 2 is 0.859 bits per heavy atom. The van der Waals surface area contributed by atoms with Gasteiger partial charge in [0.1, 0.15) is 0 Å². The largest absolute Gasteiger partial charge is 0.454 e. The highest BCUT2D eigenvalue weighted by Gasteiger charge is 2.73. The van der Waals surface area contributed by atoms with Gasteiger partial charge in [0.2, 0.25) is 17.7 Å². The number of esters is 3. The minimum absolute atomic E-state index is 0.0000286. The minimum atomic E-state index is -0.407. The van der Waals surface area contributed by atoms with Crippen molar-refractivity contribution in [2.24, 2.45) is 53.3 Å². The predicted octanol–water partition coefficient (Wildman–Crippen LogP) is 5.76. The Hall–Kier alpha value is -4.08. The molecule has 15 unspecified atom stereocenters. The number of amides is 3. The average Bonchev–Trinajstić information content (AvgIpc) is 4.18. The van der Waals surface area contributed by atoms with Crippen LogP contribution in [-0.2, 0) is 57.2 Å². The maximum Gasteiger partial charge on any atom is 0.333 e. The summed E-state index contributed by atoms with van der Waals surface area (Å²) in [4.78, 5) is 81.4. The summed E-state index contributed by atoms with van der Waals surface area (Å²) in [6.45, 7) is 20.1. The first-order valence-corrected chi connectivity index (χ1v) is 27.3. The number of ether oxygens (including phenoxy) is 6. The van der Waals surface area contributed by atoms with Crippen LogP contribution in [0.4, 0.5) is 0 Å². The van der Waals surface area contributed by atoms with Crippen LogP contribution in [0.25, 0.3) is 0 Å². The molecular formula is C56H73N3O12. The standard InChI is InChI=1S/C21H27NO4.C20H25NO4.C15H21NO4/c1-10(2)20(24)26-18-15-6-14-17(25-15)16(18)22(19(14)23)21-7-11-3-12(8-21)5-13(4-11)9-21;1-2-15(22)25-18-14-6-13-17(24-14)16(18)21(19(13)23)20-7-10-3-11(8-20)5-12(4-10)9-20;1-7(2)14(18)20-12-9-6-8-11(19-9)10(12)16(13(8)17)15(3,4)5/h11-18H,1,3-9H2,2H3;2,10-14,16-18H,1,3-9H2;8-12H,1,6H2,2-5H3. The summed E-state index contributed by atoms with van der Waals surface area (Å²) < 4.78 is 35.2. The van der Waals surface area contributed by atoms with Crippen LogP contribution in [0.2, 0.25) is 0 Å². The Labute approximate surface area is 417 Å². The highest BCUT2D eigenvalue weighted by molar-refractivity contribution is 5.89. The average molecular weight is 980 g/mol. The number of carbonyl (C=O) groups excluding carboxylic acids is 6. The number of nitrogens with zero attached hydrogens (tertiary/aromatic N) is 3. The van der Waals surface area contributed by atoms with Crippen molar-refractivity contribution in [1.29, 1.82) is 0 Å². The van der Waals surface area contributed by atoms with Gasteiger partial charge in [0.15, 0.2) is 18.3 Å². The summed E-state index contributed by atoms with van der Waals surface area (Å²) in [7, 11) is 0. The molecule has 9 saturated heterocycles. The van der Waals surface area contributed by atoms with Gasteiger partial charge in [-0.05, 0) is 166 Å². The van der Waals surface area contributed by atoms with Crippen LogP contribution in [0, 0.1) is 53.3 Å². The second kappa shape index (κ2) is 16.0. The zero-order chi connectivity index (χ0) is 49.5. The number of likely N-dealkylation sites (tertiary alicyclic amines) is 3. The van der Waals surface area contributed by atoms with E-state index in [-0.39, 0.29) is 131 Å². The molecular weight excluding hydrogens is 907 g/mol. The van der Waals surface area contributed by atoms with Crippen LogP contribution in [0.15, 0.2) is 37.0 Å². The molecule has 17 fully saturated rings. The zero-order valence-corrected chi connectivity index (χ0v) is 42.2. The van der Waals surface area contributed by atoms with E-state index in [4.69, 9.17) is 28.4 Å². The van der Waals surface area contributed by atoms with Gasteiger partial charge in [0.25, 0.3) is 0 Å². The molecule has 3 amide bonds. The van der Waals surface area contributed by atoms with Gasteiger partial charge in [-0.3, -0.25) is 14.4 Å². The smallest absolute Gasteiger partial charge is 0.333 e. The maximum atomic E-state index is 13.4. The normalized spacial score (nSPS) is 49.3. The van der Waals surface area contributed by atoms with Crippen molar-refractivity contribution in [2.45, 2.75) is 221 Å². The quantitative estimate of drug-likeness (QED) is 0.164. The van der Waals surface area contributed by atoms with Gasteiger partial charge in [-0.2, -0.15) is 0 Å². The van der Waals surface area contributed by atoms with E-state index < -0.39 is 11.9 Å². The van der Waals surface area contributed by atoms with E-state index in [0.717, 1.165) is 74.0 Å². The topological polar surface area (TPSA) is 168 Å². The lowest BCUT2D eigenvalue weighted by Crippen LogP contribution is -2.64. The highest BCUT2D eigenvalue weighted by Crippen LogP contribution is 2.64. The SMILES string of the molecule is C=C(C)C(=O)OC1C2CC3C(=O)N(C(C)(C)C)C1C3O2.C=C(C)C(=O)OC1C2CC3C(=O)N(C45CC6CC(CC(C6)C4)C5)C1C3O2.C=CC(=O)OC1C2CC3C(=O)N(C45CC6CC(CC(C6)C4)C5)C1C3O2. The molecule has 0 spiro atoms. The molecule has 0 radical (unpaired) electrons. The summed E-state index contributed by atoms with van der Waals surface area (Å²) in [5.41, 5.74) is 0.488. The van der Waals surface area contributed by atoms with Crippen molar-refractivity contribution in [2.75, 3.05) is 0 Å². The molecule has 14 bridgehead atoms. The summed E-state index contributed by atoms with van der Waals surface area (Å²) in [6, 6.07) is -0.309. The summed E-state index contributed by atoms with van der Waals surface area (Å²) in [5.74, 6) is 4.11. The third kappa shape index (κ3) is 6.88. The number of hydrogen-bond donors (Lipinski definition) is 0. The Kier molecular flexibility index (Phi) is 10.5. The fourth-order valence-corrected chi connectivity index (χ4v) is 19.3. The van der Waals surface area contributed by atoms with Crippen molar-refractivity contribution in [1.82, 2.24) is 14.7 Å². The highest BCUT2D eigenvalue weighted by atomic mass is 16.6. The first-order chi connectivity index (χ1) is 33.7. The minimum Gasteiger partial charge on any atom is -0.454 e.